The molecule has 0 radical (unpaired) electrons. The Labute approximate surface area is 83.5 Å². The molecule has 0 aromatic carbocycles. The predicted molar refractivity (Wildman–Crippen MR) is 58.9 cm³/mol. The van der Waals surface area contributed by atoms with E-state index < -0.39 is 0 Å². The molecule has 0 aliphatic carbocycles. The first-order valence-electron chi connectivity index (χ1n) is 6.05. The first-order valence-corrected chi connectivity index (χ1v) is 6.05. The first kappa shape index (κ1) is 11.0. The molecule has 0 spiro atoms. The second-order valence-electron chi connectivity index (χ2n) is 4.21. The van der Waals surface area contributed by atoms with Gasteiger partial charge >= 0.3 is 0 Å². The highest BCUT2D eigenvalue weighted by atomic mass is 15.2. The summed E-state index contributed by atoms with van der Waals surface area (Å²) < 4.78 is 0. The van der Waals surface area contributed by atoms with Crippen LogP contribution in [-0.2, 0) is 0 Å². The van der Waals surface area contributed by atoms with E-state index in [0.717, 1.165) is 18.0 Å². The molecule has 1 nitrogen and oxygen atoms in total. The van der Waals surface area contributed by atoms with E-state index in [1.807, 2.05) is 13.8 Å². The van der Waals surface area contributed by atoms with Gasteiger partial charge in [0, 0.05) is 12.1 Å². The maximum atomic E-state index is 2.64. The zero-order chi connectivity index (χ0) is 9.84. The van der Waals surface area contributed by atoms with E-state index in [0.29, 0.717) is 0 Å². The number of hydrogen-bond donors (Lipinski definition) is 0. The van der Waals surface area contributed by atoms with Crippen LogP contribution in [0, 0.1) is 5.92 Å². The second-order valence-corrected chi connectivity index (χ2v) is 4.21. The molecule has 2 saturated heterocycles. The Kier molecular flexibility index (Phi) is 4.24. The highest BCUT2D eigenvalue weighted by Crippen LogP contribution is 2.38. The van der Waals surface area contributed by atoms with Crippen molar-refractivity contribution < 1.29 is 0 Å². The fourth-order valence-corrected chi connectivity index (χ4v) is 3.03. The molecule has 2 fully saturated rings. The number of hydrogen-bond acceptors (Lipinski definition) is 1. The van der Waals surface area contributed by atoms with Crippen molar-refractivity contribution in [2.24, 2.45) is 5.92 Å². The lowest BCUT2D eigenvalue weighted by molar-refractivity contribution is 0.118. The molecule has 78 valence electrons. The normalized spacial score (nSPS) is 38.3. The number of fused-ring (bicyclic) bond motifs is 2. The summed E-state index contributed by atoms with van der Waals surface area (Å²) in [4.78, 5) is 2.64. The van der Waals surface area contributed by atoms with Gasteiger partial charge in [0.05, 0.1) is 0 Å². The van der Waals surface area contributed by atoms with Crippen molar-refractivity contribution in [1.82, 2.24) is 4.90 Å². The van der Waals surface area contributed by atoms with Gasteiger partial charge in [-0.1, -0.05) is 27.2 Å². The van der Waals surface area contributed by atoms with Gasteiger partial charge in [0.2, 0.25) is 0 Å². The van der Waals surface area contributed by atoms with Crippen LogP contribution in [-0.4, -0.2) is 24.0 Å². The fourth-order valence-electron chi connectivity index (χ4n) is 3.03. The van der Waals surface area contributed by atoms with Crippen LogP contribution in [0.15, 0.2) is 0 Å². The van der Waals surface area contributed by atoms with Crippen molar-refractivity contribution in [3.8, 4) is 0 Å². The Bertz CT molecular complexity index is 144. The molecular formula is C12H25N. The lowest BCUT2D eigenvalue weighted by atomic mass is 9.89. The summed E-state index contributed by atoms with van der Waals surface area (Å²) in [5, 5.41) is 0. The van der Waals surface area contributed by atoms with Crippen LogP contribution in [0.3, 0.4) is 0 Å². The molecule has 2 aliphatic rings. The average Bonchev–Trinajstić information content (AvgIpc) is 2.43. The summed E-state index contributed by atoms with van der Waals surface area (Å²) in [6, 6.07) is 1.89. The fraction of sp³-hybridized carbons (Fsp3) is 1.00. The molecule has 2 bridgehead atoms. The molecule has 0 aromatic rings. The average molecular weight is 183 g/mol. The largest absolute Gasteiger partial charge is 0.300 e. The van der Waals surface area contributed by atoms with E-state index >= 15 is 0 Å². The van der Waals surface area contributed by atoms with E-state index in [2.05, 4.69) is 18.9 Å². The highest BCUT2D eigenvalue weighted by molar-refractivity contribution is 4.93. The molecule has 2 heterocycles. The summed E-state index contributed by atoms with van der Waals surface area (Å²) in [6.45, 7) is 6.34. The molecule has 2 rings (SSSR count). The summed E-state index contributed by atoms with van der Waals surface area (Å²) in [7, 11) is 2.32. The Morgan fingerprint density at radius 3 is 2.31 bits per heavy atom. The third-order valence-electron chi connectivity index (χ3n) is 3.83. The molecule has 0 N–H and O–H groups in total. The minimum Gasteiger partial charge on any atom is -0.300 e. The Morgan fingerprint density at radius 2 is 1.69 bits per heavy atom. The summed E-state index contributed by atoms with van der Waals surface area (Å²) in [5.41, 5.74) is 0. The third kappa shape index (κ3) is 2.07. The van der Waals surface area contributed by atoms with Gasteiger partial charge < -0.3 is 4.90 Å². The molecule has 13 heavy (non-hydrogen) atoms. The van der Waals surface area contributed by atoms with Gasteiger partial charge in [-0.3, -0.25) is 0 Å². The Balaban J connectivity index is 0.000000396. The molecule has 3 unspecified atom stereocenters. The Hall–Kier alpha value is -0.0400. The SMILES string of the molecule is CC.CCC1CCC2CCC1N2C. The van der Waals surface area contributed by atoms with E-state index in [1.54, 1.807) is 0 Å². The number of rotatable bonds is 1. The van der Waals surface area contributed by atoms with Crippen molar-refractivity contribution >= 4 is 0 Å². The van der Waals surface area contributed by atoms with E-state index in [4.69, 9.17) is 0 Å². The smallest absolute Gasteiger partial charge is 0.0124 e. The lowest BCUT2D eigenvalue weighted by Crippen LogP contribution is -2.41. The van der Waals surface area contributed by atoms with Crippen LogP contribution >= 0.6 is 0 Å². The monoisotopic (exact) mass is 183 g/mol. The van der Waals surface area contributed by atoms with Crippen LogP contribution in [0.5, 0.6) is 0 Å². The molecule has 1 heteroatoms. The van der Waals surface area contributed by atoms with Crippen molar-refractivity contribution in [1.29, 1.82) is 0 Å². The van der Waals surface area contributed by atoms with Crippen molar-refractivity contribution in [3.63, 3.8) is 0 Å². The zero-order valence-corrected chi connectivity index (χ0v) is 9.71. The summed E-state index contributed by atoms with van der Waals surface area (Å²) in [5.74, 6) is 1.01. The maximum Gasteiger partial charge on any atom is 0.0124 e. The van der Waals surface area contributed by atoms with Crippen molar-refractivity contribution in [2.45, 2.75) is 65.0 Å². The van der Waals surface area contributed by atoms with Crippen molar-refractivity contribution in [2.75, 3.05) is 7.05 Å². The number of piperidine rings is 1. The minimum absolute atomic E-state index is 0.943. The summed E-state index contributed by atoms with van der Waals surface area (Å²) >= 11 is 0. The van der Waals surface area contributed by atoms with Gasteiger partial charge in [-0.2, -0.15) is 0 Å². The van der Waals surface area contributed by atoms with E-state index in [1.165, 1.54) is 32.1 Å². The second kappa shape index (κ2) is 4.99. The van der Waals surface area contributed by atoms with Gasteiger partial charge in [-0.25, -0.2) is 0 Å². The highest BCUT2D eigenvalue weighted by Gasteiger charge is 2.38. The van der Waals surface area contributed by atoms with Gasteiger partial charge in [0.15, 0.2) is 0 Å². The van der Waals surface area contributed by atoms with Gasteiger partial charge in [-0.05, 0) is 38.6 Å². The van der Waals surface area contributed by atoms with Crippen molar-refractivity contribution in [3.05, 3.63) is 0 Å². The van der Waals surface area contributed by atoms with Crippen LogP contribution in [0.4, 0.5) is 0 Å². The van der Waals surface area contributed by atoms with Crippen LogP contribution < -0.4 is 0 Å². The molecule has 0 aromatic heterocycles. The standard InChI is InChI=1S/C10H19N.C2H6/c1-3-8-4-5-9-6-7-10(8)11(9)2;1-2/h8-10H,3-7H2,1-2H3;1-2H3. The zero-order valence-electron chi connectivity index (χ0n) is 9.71. The summed E-state index contributed by atoms with van der Waals surface area (Å²) in [6.07, 6.45) is 7.29. The molecule has 0 amide bonds. The first-order chi connectivity index (χ1) is 6.33. The molecular weight excluding hydrogens is 158 g/mol. The third-order valence-corrected chi connectivity index (χ3v) is 3.83. The van der Waals surface area contributed by atoms with Gasteiger partial charge in [0.25, 0.3) is 0 Å². The van der Waals surface area contributed by atoms with E-state index in [-0.39, 0.29) is 0 Å². The topological polar surface area (TPSA) is 3.24 Å². The number of nitrogens with zero attached hydrogens (tertiary/aromatic N) is 1. The van der Waals surface area contributed by atoms with Gasteiger partial charge in [0.1, 0.15) is 0 Å². The quantitative estimate of drug-likeness (QED) is 0.603. The van der Waals surface area contributed by atoms with E-state index in [9.17, 15) is 0 Å². The van der Waals surface area contributed by atoms with Gasteiger partial charge in [-0.15, -0.1) is 0 Å². The Morgan fingerprint density at radius 1 is 1.08 bits per heavy atom. The molecule has 0 saturated carbocycles. The van der Waals surface area contributed by atoms with Crippen LogP contribution in [0.25, 0.3) is 0 Å². The maximum absolute atomic E-state index is 2.64. The molecule has 2 aliphatic heterocycles. The lowest BCUT2D eigenvalue weighted by Gasteiger charge is -2.37. The minimum atomic E-state index is 0.943. The predicted octanol–water partition coefficient (Wildman–Crippen LogP) is 3.30. The molecule has 3 atom stereocenters. The van der Waals surface area contributed by atoms with Crippen LogP contribution in [0.2, 0.25) is 0 Å². The van der Waals surface area contributed by atoms with Crippen LogP contribution in [0.1, 0.15) is 52.9 Å².